The van der Waals surface area contributed by atoms with Gasteiger partial charge in [0.1, 0.15) is 11.4 Å². The van der Waals surface area contributed by atoms with Gasteiger partial charge < -0.3 is 15.4 Å². The number of fused-ring (bicyclic) bond motifs is 1. The zero-order valence-corrected chi connectivity index (χ0v) is 9.03. The number of carbonyl (C=O) groups excluding carboxylic acids is 2. The standard InChI is InChI=1S/C11H12N2O3/c1-6-11(15)13-10-8(12-7(2)14)4-3-5-9(10)16-6/h3-6H,1-2H3,(H,12,14)(H,13,15). The Morgan fingerprint density at radius 2 is 2.25 bits per heavy atom. The Kier molecular flexibility index (Phi) is 2.52. The molecule has 16 heavy (non-hydrogen) atoms. The van der Waals surface area contributed by atoms with Crippen molar-refractivity contribution >= 4 is 23.2 Å². The molecule has 1 atom stereocenters. The molecule has 0 aliphatic carbocycles. The van der Waals surface area contributed by atoms with Crippen molar-refractivity contribution in [1.82, 2.24) is 0 Å². The highest BCUT2D eigenvalue weighted by Crippen LogP contribution is 2.36. The predicted octanol–water partition coefficient (Wildman–Crippen LogP) is 1.36. The Hall–Kier alpha value is -2.04. The molecule has 5 heteroatoms. The number of rotatable bonds is 1. The first-order valence-corrected chi connectivity index (χ1v) is 4.96. The average Bonchev–Trinajstić information content (AvgIpc) is 2.20. The molecule has 0 radical (unpaired) electrons. The van der Waals surface area contributed by atoms with Gasteiger partial charge in [0, 0.05) is 6.92 Å². The summed E-state index contributed by atoms with van der Waals surface area (Å²) < 4.78 is 5.40. The van der Waals surface area contributed by atoms with E-state index in [1.54, 1.807) is 25.1 Å². The van der Waals surface area contributed by atoms with Gasteiger partial charge in [0.15, 0.2) is 6.10 Å². The van der Waals surface area contributed by atoms with Gasteiger partial charge in [0.25, 0.3) is 5.91 Å². The van der Waals surface area contributed by atoms with Crippen LogP contribution < -0.4 is 15.4 Å². The minimum atomic E-state index is -0.514. The summed E-state index contributed by atoms with van der Waals surface area (Å²) in [7, 11) is 0. The number of hydrogen-bond donors (Lipinski definition) is 2. The minimum Gasteiger partial charge on any atom is -0.479 e. The molecule has 1 heterocycles. The summed E-state index contributed by atoms with van der Waals surface area (Å²) in [4.78, 5) is 22.4. The number of carbonyl (C=O) groups is 2. The molecule has 2 N–H and O–H groups in total. The van der Waals surface area contributed by atoms with E-state index in [4.69, 9.17) is 4.74 Å². The fourth-order valence-corrected chi connectivity index (χ4v) is 1.52. The summed E-state index contributed by atoms with van der Waals surface area (Å²) in [5.41, 5.74) is 1.06. The van der Waals surface area contributed by atoms with Crippen LogP contribution in [-0.2, 0) is 9.59 Å². The zero-order valence-electron chi connectivity index (χ0n) is 9.03. The van der Waals surface area contributed by atoms with E-state index < -0.39 is 6.10 Å². The Morgan fingerprint density at radius 3 is 2.94 bits per heavy atom. The second kappa shape index (κ2) is 3.84. The number of nitrogens with one attached hydrogen (secondary N) is 2. The van der Waals surface area contributed by atoms with Gasteiger partial charge in [0.2, 0.25) is 5.91 Å². The highest BCUT2D eigenvalue weighted by molar-refractivity contribution is 6.03. The molecule has 1 unspecified atom stereocenters. The van der Waals surface area contributed by atoms with Crippen LogP contribution in [0.2, 0.25) is 0 Å². The summed E-state index contributed by atoms with van der Waals surface area (Å²) >= 11 is 0. The van der Waals surface area contributed by atoms with Crippen molar-refractivity contribution in [2.24, 2.45) is 0 Å². The van der Waals surface area contributed by atoms with Crippen LogP contribution in [0.3, 0.4) is 0 Å². The molecule has 2 amide bonds. The van der Waals surface area contributed by atoms with E-state index in [0.717, 1.165) is 0 Å². The van der Waals surface area contributed by atoms with Gasteiger partial charge in [-0.1, -0.05) is 6.07 Å². The van der Waals surface area contributed by atoms with Crippen molar-refractivity contribution in [3.8, 4) is 5.75 Å². The average molecular weight is 220 g/mol. The van der Waals surface area contributed by atoms with Crippen molar-refractivity contribution in [1.29, 1.82) is 0 Å². The predicted molar refractivity (Wildman–Crippen MR) is 59.5 cm³/mol. The van der Waals surface area contributed by atoms with E-state index in [9.17, 15) is 9.59 Å². The van der Waals surface area contributed by atoms with Gasteiger partial charge in [-0.05, 0) is 19.1 Å². The van der Waals surface area contributed by atoms with Gasteiger partial charge in [-0.25, -0.2) is 0 Å². The summed E-state index contributed by atoms with van der Waals surface area (Å²) in [6.45, 7) is 3.08. The highest BCUT2D eigenvalue weighted by Gasteiger charge is 2.25. The van der Waals surface area contributed by atoms with Crippen LogP contribution in [0.25, 0.3) is 0 Å². The first-order chi connectivity index (χ1) is 7.58. The number of anilines is 2. The maximum Gasteiger partial charge on any atom is 0.265 e. The molecule has 0 saturated heterocycles. The molecule has 5 nitrogen and oxygen atoms in total. The largest absolute Gasteiger partial charge is 0.479 e. The van der Waals surface area contributed by atoms with E-state index >= 15 is 0 Å². The molecule has 2 rings (SSSR count). The molecule has 0 aromatic heterocycles. The smallest absolute Gasteiger partial charge is 0.265 e. The first kappa shape index (κ1) is 10.5. The number of benzene rings is 1. The van der Waals surface area contributed by atoms with Crippen LogP contribution in [0, 0.1) is 0 Å². The molecule has 1 aromatic carbocycles. The molecule has 1 aliphatic rings. The summed E-state index contributed by atoms with van der Waals surface area (Å²) in [5.74, 6) is 0.157. The second-order valence-corrected chi connectivity index (χ2v) is 3.61. The van der Waals surface area contributed by atoms with Gasteiger partial charge in [-0.15, -0.1) is 0 Å². The monoisotopic (exact) mass is 220 g/mol. The summed E-state index contributed by atoms with van der Waals surface area (Å²) in [6.07, 6.45) is -0.514. The van der Waals surface area contributed by atoms with Gasteiger partial charge >= 0.3 is 0 Å². The third-order valence-corrected chi connectivity index (χ3v) is 2.26. The fraction of sp³-hybridized carbons (Fsp3) is 0.273. The van der Waals surface area contributed by atoms with Crippen LogP contribution in [0.15, 0.2) is 18.2 Å². The number of para-hydroxylation sites is 1. The van der Waals surface area contributed by atoms with E-state index in [2.05, 4.69) is 10.6 Å². The number of ether oxygens (including phenoxy) is 1. The lowest BCUT2D eigenvalue weighted by molar-refractivity contribution is -0.122. The summed E-state index contributed by atoms with van der Waals surface area (Å²) in [6, 6.07) is 5.21. The third kappa shape index (κ3) is 1.84. The molecular weight excluding hydrogens is 208 g/mol. The number of hydrogen-bond acceptors (Lipinski definition) is 3. The Balaban J connectivity index is 2.40. The van der Waals surface area contributed by atoms with E-state index in [-0.39, 0.29) is 11.8 Å². The van der Waals surface area contributed by atoms with Crippen molar-refractivity contribution in [3.05, 3.63) is 18.2 Å². The molecule has 0 bridgehead atoms. The van der Waals surface area contributed by atoms with Crippen molar-refractivity contribution in [2.45, 2.75) is 20.0 Å². The lowest BCUT2D eigenvalue weighted by atomic mass is 10.2. The van der Waals surface area contributed by atoms with Crippen molar-refractivity contribution in [2.75, 3.05) is 10.6 Å². The van der Waals surface area contributed by atoms with Gasteiger partial charge in [-0.3, -0.25) is 9.59 Å². The lowest BCUT2D eigenvalue weighted by Gasteiger charge is -2.25. The van der Waals surface area contributed by atoms with E-state index in [1.165, 1.54) is 6.92 Å². The van der Waals surface area contributed by atoms with Crippen LogP contribution in [0.1, 0.15) is 13.8 Å². The quantitative estimate of drug-likeness (QED) is 0.751. The molecule has 1 aromatic rings. The van der Waals surface area contributed by atoms with Crippen molar-refractivity contribution < 1.29 is 14.3 Å². The maximum absolute atomic E-state index is 11.4. The number of amides is 2. The van der Waals surface area contributed by atoms with E-state index in [0.29, 0.717) is 17.1 Å². The molecule has 0 spiro atoms. The van der Waals surface area contributed by atoms with Crippen LogP contribution in [0.5, 0.6) is 5.75 Å². The minimum absolute atomic E-state index is 0.193. The Morgan fingerprint density at radius 1 is 1.50 bits per heavy atom. The Bertz CT molecular complexity index is 457. The van der Waals surface area contributed by atoms with E-state index in [1.807, 2.05) is 0 Å². The molecule has 84 valence electrons. The second-order valence-electron chi connectivity index (χ2n) is 3.61. The fourth-order valence-electron chi connectivity index (χ4n) is 1.52. The molecule has 0 saturated carbocycles. The first-order valence-electron chi connectivity index (χ1n) is 4.96. The molecular formula is C11H12N2O3. The normalized spacial score (nSPS) is 18.1. The highest BCUT2D eigenvalue weighted by atomic mass is 16.5. The Labute approximate surface area is 92.8 Å². The van der Waals surface area contributed by atoms with Crippen LogP contribution in [-0.4, -0.2) is 17.9 Å². The maximum atomic E-state index is 11.4. The van der Waals surface area contributed by atoms with Gasteiger partial charge in [0.05, 0.1) is 5.69 Å². The van der Waals surface area contributed by atoms with Crippen molar-refractivity contribution in [3.63, 3.8) is 0 Å². The summed E-state index contributed by atoms with van der Waals surface area (Å²) in [5, 5.41) is 5.34. The molecule has 0 fully saturated rings. The SMILES string of the molecule is CC(=O)Nc1cccc2c1NC(=O)C(C)O2. The van der Waals surface area contributed by atoms with Crippen LogP contribution >= 0.6 is 0 Å². The van der Waals surface area contributed by atoms with Crippen LogP contribution in [0.4, 0.5) is 11.4 Å². The topological polar surface area (TPSA) is 67.4 Å². The lowest BCUT2D eigenvalue weighted by Crippen LogP contribution is -2.34. The molecule has 1 aliphatic heterocycles. The third-order valence-electron chi connectivity index (χ3n) is 2.26. The van der Waals surface area contributed by atoms with Gasteiger partial charge in [-0.2, -0.15) is 0 Å². The zero-order chi connectivity index (χ0) is 11.7.